The number of aryl methyl sites for hydroxylation is 1. The zero-order valence-corrected chi connectivity index (χ0v) is 11.2. The van der Waals surface area contributed by atoms with Crippen molar-refractivity contribution in [3.63, 3.8) is 0 Å². The zero-order valence-electron chi connectivity index (χ0n) is 10.4. The minimum absolute atomic E-state index is 0.426. The molecular weight excluding hydrogens is 230 g/mol. The summed E-state index contributed by atoms with van der Waals surface area (Å²) in [4.78, 5) is 4.88. The fourth-order valence-electron chi connectivity index (χ4n) is 2.01. The molecule has 0 radical (unpaired) electrons. The van der Waals surface area contributed by atoms with E-state index in [4.69, 9.17) is 18.0 Å². The fraction of sp³-hybridized carbons (Fsp3) is 0.538. The van der Waals surface area contributed by atoms with Crippen LogP contribution in [0.3, 0.4) is 0 Å². The van der Waals surface area contributed by atoms with Crippen LogP contribution in [-0.2, 0) is 0 Å². The smallest absolute Gasteiger partial charge is 0.126 e. The van der Waals surface area contributed by atoms with Crippen molar-refractivity contribution >= 4 is 23.0 Å². The van der Waals surface area contributed by atoms with Gasteiger partial charge in [0.25, 0.3) is 0 Å². The van der Waals surface area contributed by atoms with Gasteiger partial charge in [-0.2, -0.15) is 0 Å². The van der Waals surface area contributed by atoms with E-state index in [0.29, 0.717) is 10.4 Å². The lowest BCUT2D eigenvalue weighted by Crippen LogP contribution is -2.16. The predicted molar refractivity (Wildman–Crippen MR) is 75.3 cm³/mol. The molecule has 0 bridgehead atoms. The molecule has 92 valence electrons. The third-order valence-corrected chi connectivity index (χ3v) is 3.83. The van der Waals surface area contributed by atoms with Gasteiger partial charge >= 0.3 is 0 Å². The van der Waals surface area contributed by atoms with Crippen LogP contribution in [0.4, 0.5) is 5.82 Å². The molecule has 1 saturated carbocycles. The van der Waals surface area contributed by atoms with Crippen molar-refractivity contribution in [1.82, 2.24) is 4.98 Å². The molecular formula is C13H19N3S. The molecule has 0 aliphatic heterocycles. The molecule has 4 heteroatoms. The van der Waals surface area contributed by atoms with Gasteiger partial charge in [-0.05, 0) is 43.7 Å². The molecule has 17 heavy (non-hydrogen) atoms. The summed E-state index contributed by atoms with van der Waals surface area (Å²) in [6.45, 7) is 5.20. The Bertz CT molecular complexity index is 438. The zero-order chi connectivity index (χ0) is 12.5. The molecule has 3 nitrogen and oxygen atoms in total. The van der Waals surface area contributed by atoms with Crippen LogP contribution in [0.1, 0.15) is 37.4 Å². The number of nitrogens with two attached hydrogens (primary N) is 1. The second-order valence-electron chi connectivity index (χ2n) is 4.95. The van der Waals surface area contributed by atoms with Crippen LogP contribution in [0, 0.1) is 12.3 Å². The number of aromatic nitrogens is 1. The maximum absolute atomic E-state index is 5.65. The number of thiocarbonyl (C=S) groups is 1. The van der Waals surface area contributed by atoms with Gasteiger partial charge in [0.05, 0.1) is 0 Å². The van der Waals surface area contributed by atoms with E-state index in [1.807, 2.05) is 19.1 Å². The van der Waals surface area contributed by atoms with Crippen molar-refractivity contribution < 1.29 is 0 Å². The van der Waals surface area contributed by atoms with E-state index in [9.17, 15) is 0 Å². The average molecular weight is 249 g/mol. The lowest BCUT2D eigenvalue weighted by molar-refractivity contribution is 0.520. The Morgan fingerprint density at radius 3 is 2.76 bits per heavy atom. The van der Waals surface area contributed by atoms with Gasteiger partial charge in [-0.1, -0.05) is 19.1 Å². The van der Waals surface area contributed by atoms with E-state index in [1.54, 1.807) is 0 Å². The Hall–Kier alpha value is -1.16. The maximum atomic E-state index is 5.65. The van der Waals surface area contributed by atoms with Crippen molar-refractivity contribution in [2.45, 2.75) is 33.1 Å². The number of anilines is 1. The van der Waals surface area contributed by atoms with E-state index in [-0.39, 0.29) is 0 Å². The minimum Gasteiger partial charge on any atom is -0.389 e. The highest BCUT2D eigenvalue weighted by Gasteiger charge is 2.40. The molecule has 2 rings (SSSR count). The number of pyridine rings is 1. The van der Waals surface area contributed by atoms with Gasteiger partial charge in [0.1, 0.15) is 10.8 Å². The molecule has 3 N–H and O–H groups in total. The van der Waals surface area contributed by atoms with Gasteiger partial charge < -0.3 is 11.1 Å². The van der Waals surface area contributed by atoms with Crippen LogP contribution in [-0.4, -0.2) is 16.5 Å². The summed E-state index contributed by atoms with van der Waals surface area (Å²) >= 11 is 5.00. The fourth-order valence-corrected chi connectivity index (χ4v) is 2.13. The Kier molecular flexibility index (Phi) is 3.33. The Labute approximate surface area is 108 Å². The summed E-state index contributed by atoms with van der Waals surface area (Å²) < 4.78 is 0. The predicted octanol–water partition coefficient (Wildman–Crippen LogP) is 2.63. The van der Waals surface area contributed by atoms with Crippen molar-refractivity contribution in [2.24, 2.45) is 11.1 Å². The summed E-state index contributed by atoms with van der Waals surface area (Å²) in [5.74, 6) is 0.882. The summed E-state index contributed by atoms with van der Waals surface area (Å²) in [7, 11) is 0. The summed E-state index contributed by atoms with van der Waals surface area (Å²) in [6, 6.07) is 3.85. The summed E-state index contributed by atoms with van der Waals surface area (Å²) in [5, 5.41) is 3.41. The monoisotopic (exact) mass is 249 g/mol. The average Bonchev–Trinajstić information content (AvgIpc) is 3.06. The highest BCUT2D eigenvalue weighted by Crippen LogP contribution is 2.48. The minimum atomic E-state index is 0.426. The number of hydrogen-bond acceptors (Lipinski definition) is 3. The van der Waals surface area contributed by atoms with Crippen LogP contribution in [0.25, 0.3) is 0 Å². The van der Waals surface area contributed by atoms with Crippen molar-refractivity contribution in [3.05, 3.63) is 23.4 Å². The number of rotatable bonds is 5. The quantitative estimate of drug-likeness (QED) is 0.788. The second kappa shape index (κ2) is 4.61. The van der Waals surface area contributed by atoms with E-state index in [2.05, 4.69) is 17.2 Å². The molecule has 0 saturated heterocycles. The summed E-state index contributed by atoms with van der Waals surface area (Å²) in [6.07, 6.45) is 3.88. The van der Waals surface area contributed by atoms with Crippen molar-refractivity contribution in [1.29, 1.82) is 0 Å². The lowest BCUT2D eigenvalue weighted by Gasteiger charge is -2.14. The van der Waals surface area contributed by atoms with Gasteiger partial charge in [-0.15, -0.1) is 0 Å². The van der Waals surface area contributed by atoms with E-state index in [0.717, 1.165) is 23.6 Å². The second-order valence-corrected chi connectivity index (χ2v) is 5.39. The largest absolute Gasteiger partial charge is 0.389 e. The number of nitrogens with one attached hydrogen (secondary N) is 1. The van der Waals surface area contributed by atoms with Crippen LogP contribution in [0.2, 0.25) is 0 Å². The molecule has 1 fully saturated rings. The first-order valence-electron chi connectivity index (χ1n) is 6.07. The third kappa shape index (κ3) is 2.94. The van der Waals surface area contributed by atoms with Crippen molar-refractivity contribution in [2.75, 3.05) is 11.9 Å². The molecule has 0 atom stereocenters. The summed E-state index contributed by atoms with van der Waals surface area (Å²) in [5.41, 5.74) is 7.99. The SMILES string of the molecule is CCC1(CNc2cc(C(N)=S)cc(C)n2)CC1. The molecule has 1 aliphatic carbocycles. The highest BCUT2D eigenvalue weighted by molar-refractivity contribution is 7.80. The van der Waals surface area contributed by atoms with Gasteiger partial charge in [-0.3, -0.25) is 0 Å². The van der Waals surface area contributed by atoms with Crippen LogP contribution < -0.4 is 11.1 Å². The normalized spacial score (nSPS) is 16.6. The standard InChI is InChI=1S/C13H19N3S/c1-3-13(4-5-13)8-15-11-7-10(12(14)17)6-9(2)16-11/h6-7H,3-5,8H2,1-2H3,(H2,14,17)(H,15,16). The topological polar surface area (TPSA) is 50.9 Å². The molecule has 0 spiro atoms. The molecule has 1 aromatic rings. The Morgan fingerprint density at radius 2 is 2.24 bits per heavy atom. The molecule has 1 aliphatic rings. The maximum Gasteiger partial charge on any atom is 0.126 e. The van der Waals surface area contributed by atoms with E-state index in [1.165, 1.54) is 19.3 Å². The first-order chi connectivity index (χ1) is 8.04. The van der Waals surface area contributed by atoms with Crippen molar-refractivity contribution in [3.8, 4) is 0 Å². The van der Waals surface area contributed by atoms with Gasteiger partial charge in [0, 0.05) is 17.8 Å². The molecule has 1 heterocycles. The van der Waals surface area contributed by atoms with Gasteiger partial charge in [0.15, 0.2) is 0 Å². The first kappa shape index (κ1) is 12.3. The number of nitrogens with zero attached hydrogens (tertiary/aromatic N) is 1. The van der Waals surface area contributed by atoms with Crippen LogP contribution in [0.5, 0.6) is 0 Å². The van der Waals surface area contributed by atoms with Crippen LogP contribution in [0.15, 0.2) is 12.1 Å². The van der Waals surface area contributed by atoms with Gasteiger partial charge in [0.2, 0.25) is 0 Å². The Morgan fingerprint density at radius 1 is 1.53 bits per heavy atom. The molecule has 1 aromatic heterocycles. The first-order valence-corrected chi connectivity index (χ1v) is 6.48. The molecule has 0 amide bonds. The van der Waals surface area contributed by atoms with E-state index < -0.39 is 0 Å². The third-order valence-electron chi connectivity index (χ3n) is 3.59. The highest BCUT2D eigenvalue weighted by atomic mass is 32.1. The Balaban J connectivity index is 2.07. The molecule has 0 unspecified atom stereocenters. The van der Waals surface area contributed by atoms with E-state index >= 15 is 0 Å². The lowest BCUT2D eigenvalue weighted by atomic mass is 10.0. The van der Waals surface area contributed by atoms with Crippen LogP contribution >= 0.6 is 12.2 Å². The van der Waals surface area contributed by atoms with Gasteiger partial charge in [-0.25, -0.2) is 4.98 Å². The number of hydrogen-bond donors (Lipinski definition) is 2. The molecule has 0 aromatic carbocycles.